The summed E-state index contributed by atoms with van der Waals surface area (Å²) in [6.07, 6.45) is 0. The van der Waals surface area contributed by atoms with Crippen LogP contribution in [0.2, 0.25) is 0 Å². The van der Waals surface area contributed by atoms with E-state index < -0.39 is 31.3 Å². The zero-order valence-corrected chi connectivity index (χ0v) is 11.7. The molecule has 1 fully saturated rings. The fourth-order valence-corrected chi connectivity index (χ4v) is 6.60. The van der Waals surface area contributed by atoms with Gasteiger partial charge in [-0.3, -0.25) is 0 Å². The predicted octanol–water partition coefficient (Wildman–Crippen LogP) is 0.431. The summed E-state index contributed by atoms with van der Waals surface area (Å²) in [6, 6.07) is 2.32. The van der Waals surface area contributed by atoms with Gasteiger partial charge in [0.05, 0.1) is 22.9 Å². The molecule has 5 nitrogen and oxygen atoms in total. The number of sulfone groups is 1. The van der Waals surface area contributed by atoms with Gasteiger partial charge in [-0.1, -0.05) is 6.07 Å². The first-order chi connectivity index (χ1) is 7.80. The molecule has 17 heavy (non-hydrogen) atoms. The highest BCUT2D eigenvalue weighted by molar-refractivity contribution is 7.92. The maximum atomic E-state index is 11.9. The molecule has 9 heteroatoms. The third kappa shape index (κ3) is 3.00. The monoisotopic (exact) mass is 315 g/mol. The molecule has 2 heterocycles. The summed E-state index contributed by atoms with van der Waals surface area (Å²) in [4.78, 5) is 0. The van der Waals surface area contributed by atoms with Crippen LogP contribution in [0.5, 0.6) is 0 Å². The average molecular weight is 316 g/mol. The van der Waals surface area contributed by atoms with E-state index in [4.69, 9.17) is 11.6 Å². The molecule has 0 spiro atoms. The smallest absolute Gasteiger partial charge is 0.229 e. The summed E-state index contributed by atoms with van der Waals surface area (Å²) >= 11 is 6.90. The Kier molecular flexibility index (Phi) is 3.52. The molecule has 0 radical (unpaired) electrons. The lowest BCUT2D eigenvalue weighted by molar-refractivity contribution is 0.565. The van der Waals surface area contributed by atoms with Gasteiger partial charge in [0, 0.05) is 0 Å². The Morgan fingerprint density at radius 2 is 2.12 bits per heavy atom. The van der Waals surface area contributed by atoms with Crippen molar-refractivity contribution in [2.75, 3.05) is 11.5 Å². The summed E-state index contributed by atoms with van der Waals surface area (Å²) in [5.41, 5.74) is 0. The first-order valence-electron chi connectivity index (χ1n) is 4.70. The third-order valence-corrected chi connectivity index (χ3v) is 7.61. The number of hydrogen-bond acceptors (Lipinski definition) is 5. The second kappa shape index (κ2) is 4.51. The van der Waals surface area contributed by atoms with E-state index in [1.165, 1.54) is 6.07 Å². The first-order valence-corrected chi connectivity index (χ1v) is 9.32. The number of thiophene rings is 1. The minimum absolute atomic E-state index is 0.158. The number of alkyl halides is 1. The molecule has 1 N–H and O–H groups in total. The van der Waals surface area contributed by atoms with E-state index in [0.717, 1.165) is 11.3 Å². The number of nitrogens with one attached hydrogen (secondary N) is 1. The number of hydrogen-bond donors (Lipinski definition) is 1. The second-order valence-corrected chi connectivity index (χ2v) is 9.36. The van der Waals surface area contributed by atoms with Gasteiger partial charge in [0.2, 0.25) is 10.0 Å². The van der Waals surface area contributed by atoms with Crippen LogP contribution in [-0.4, -0.2) is 39.8 Å². The van der Waals surface area contributed by atoms with Crippen molar-refractivity contribution in [3.8, 4) is 0 Å². The van der Waals surface area contributed by atoms with Crippen LogP contribution in [0.15, 0.2) is 21.7 Å². The summed E-state index contributed by atoms with van der Waals surface area (Å²) in [7, 11) is -6.91. The van der Waals surface area contributed by atoms with Gasteiger partial charge in [0.25, 0.3) is 0 Å². The van der Waals surface area contributed by atoms with Crippen molar-refractivity contribution in [2.45, 2.75) is 15.6 Å². The van der Waals surface area contributed by atoms with Crippen LogP contribution in [0.25, 0.3) is 0 Å². The highest BCUT2D eigenvalue weighted by atomic mass is 35.5. The lowest BCUT2D eigenvalue weighted by Crippen LogP contribution is -2.40. The quantitative estimate of drug-likeness (QED) is 0.820. The van der Waals surface area contributed by atoms with Crippen LogP contribution in [0.4, 0.5) is 0 Å². The lowest BCUT2D eigenvalue weighted by atomic mass is 10.3. The van der Waals surface area contributed by atoms with Gasteiger partial charge in [0.1, 0.15) is 4.21 Å². The van der Waals surface area contributed by atoms with E-state index in [2.05, 4.69) is 4.72 Å². The summed E-state index contributed by atoms with van der Waals surface area (Å²) in [5.74, 6) is -0.433. The van der Waals surface area contributed by atoms with E-state index in [9.17, 15) is 16.8 Å². The van der Waals surface area contributed by atoms with E-state index in [1.54, 1.807) is 11.4 Å². The molecule has 1 aromatic heterocycles. The van der Waals surface area contributed by atoms with Crippen molar-refractivity contribution in [1.82, 2.24) is 4.72 Å². The molecule has 96 valence electrons. The van der Waals surface area contributed by atoms with Crippen molar-refractivity contribution in [3.63, 3.8) is 0 Å². The number of halogens is 1. The van der Waals surface area contributed by atoms with Crippen molar-refractivity contribution in [2.24, 2.45) is 0 Å². The minimum atomic E-state index is -3.66. The summed E-state index contributed by atoms with van der Waals surface area (Å²) < 4.78 is 48.8. The van der Waals surface area contributed by atoms with Crippen molar-refractivity contribution >= 4 is 42.8 Å². The fourth-order valence-electron chi connectivity index (χ4n) is 1.59. The average Bonchev–Trinajstić information content (AvgIpc) is 2.74. The third-order valence-electron chi connectivity index (χ3n) is 2.35. The molecule has 2 unspecified atom stereocenters. The Morgan fingerprint density at radius 1 is 1.41 bits per heavy atom. The largest absolute Gasteiger partial charge is 0.250 e. The first kappa shape index (κ1) is 13.3. The number of sulfonamides is 1. The Labute approximate surface area is 109 Å². The van der Waals surface area contributed by atoms with Crippen LogP contribution in [0, 0.1) is 0 Å². The SMILES string of the molecule is O=S1(=O)CC(Cl)C(NS(=O)(=O)c2cccs2)C1. The Bertz CT molecular complexity index is 593. The maximum absolute atomic E-state index is 11.9. The van der Waals surface area contributed by atoms with Gasteiger partial charge >= 0.3 is 0 Å². The van der Waals surface area contributed by atoms with Gasteiger partial charge < -0.3 is 0 Å². The molecule has 0 aromatic carbocycles. The molecular weight excluding hydrogens is 306 g/mol. The Balaban J connectivity index is 2.18. The fraction of sp³-hybridized carbons (Fsp3) is 0.500. The molecule has 0 aliphatic carbocycles. The van der Waals surface area contributed by atoms with Gasteiger partial charge in [-0.2, -0.15) is 0 Å². The minimum Gasteiger partial charge on any atom is -0.229 e. The second-order valence-electron chi connectivity index (χ2n) is 3.75. The van der Waals surface area contributed by atoms with Gasteiger partial charge in [-0.15, -0.1) is 22.9 Å². The van der Waals surface area contributed by atoms with E-state index in [-0.39, 0.29) is 15.7 Å². The van der Waals surface area contributed by atoms with E-state index in [0.29, 0.717) is 0 Å². The zero-order chi connectivity index (χ0) is 12.7. The van der Waals surface area contributed by atoms with Crippen LogP contribution >= 0.6 is 22.9 Å². The van der Waals surface area contributed by atoms with Crippen LogP contribution in [0.3, 0.4) is 0 Å². The highest BCUT2D eigenvalue weighted by Crippen LogP contribution is 2.22. The standard InChI is InChI=1S/C8H10ClNO4S3/c9-6-4-16(11,12)5-7(6)10-17(13,14)8-2-1-3-15-8/h1-3,6-7,10H,4-5H2. The molecule has 0 amide bonds. The Morgan fingerprint density at radius 3 is 2.59 bits per heavy atom. The molecule has 2 atom stereocenters. The molecule has 1 aromatic rings. The normalized spacial score (nSPS) is 28.3. The number of rotatable bonds is 3. The highest BCUT2D eigenvalue weighted by Gasteiger charge is 2.39. The molecule has 1 saturated heterocycles. The topological polar surface area (TPSA) is 80.3 Å². The van der Waals surface area contributed by atoms with Crippen LogP contribution in [0.1, 0.15) is 0 Å². The van der Waals surface area contributed by atoms with Gasteiger partial charge in [0.15, 0.2) is 9.84 Å². The van der Waals surface area contributed by atoms with Crippen molar-refractivity contribution < 1.29 is 16.8 Å². The predicted molar refractivity (Wildman–Crippen MR) is 66.7 cm³/mol. The molecule has 2 rings (SSSR count). The van der Waals surface area contributed by atoms with Crippen LogP contribution < -0.4 is 4.72 Å². The molecule has 0 bridgehead atoms. The molecule has 0 saturated carbocycles. The maximum Gasteiger partial charge on any atom is 0.250 e. The summed E-state index contributed by atoms with van der Waals surface area (Å²) in [6.45, 7) is 0. The molecular formula is C8H10ClNO4S3. The van der Waals surface area contributed by atoms with E-state index in [1.807, 2.05) is 0 Å². The molecule has 1 aliphatic rings. The molecule has 1 aliphatic heterocycles. The van der Waals surface area contributed by atoms with Gasteiger partial charge in [-0.25, -0.2) is 21.6 Å². The van der Waals surface area contributed by atoms with E-state index >= 15 is 0 Å². The lowest BCUT2D eigenvalue weighted by Gasteiger charge is -2.13. The van der Waals surface area contributed by atoms with Crippen LogP contribution in [-0.2, 0) is 19.9 Å². The van der Waals surface area contributed by atoms with Gasteiger partial charge in [-0.05, 0) is 11.4 Å². The van der Waals surface area contributed by atoms with Crippen molar-refractivity contribution in [1.29, 1.82) is 0 Å². The Hall–Kier alpha value is -0.150. The van der Waals surface area contributed by atoms with Crippen molar-refractivity contribution in [3.05, 3.63) is 17.5 Å². The zero-order valence-electron chi connectivity index (χ0n) is 8.54. The summed E-state index contributed by atoms with van der Waals surface area (Å²) in [5, 5.41) is 0.924.